The number of fused-ring (bicyclic) bond motifs is 1. The number of H-pyrrole nitrogens is 1. The molecule has 3 aromatic rings. The molecule has 0 spiro atoms. The number of hydrogen-bond donors (Lipinski definition) is 3. The molecule has 0 fully saturated rings. The SMILES string of the molecule is Cc1cc(NCc2ccn[nH]2)c2cc(N)ccc2n1. The minimum Gasteiger partial charge on any atom is -0.399 e. The topological polar surface area (TPSA) is 79.6 Å². The molecule has 0 aliphatic carbocycles. The van der Waals surface area contributed by atoms with E-state index in [1.807, 2.05) is 37.3 Å². The molecule has 0 atom stereocenters. The first kappa shape index (κ1) is 11.5. The molecule has 0 aliphatic rings. The van der Waals surface area contributed by atoms with Crippen molar-refractivity contribution in [3.05, 3.63) is 47.9 Å². The summed E-state index contributed by atoms with van der Waals surface area (Å²) in [5.74, 6) is 0. The molecule has 0 radical (unpaired) electrons. The Hall–Kier alpha value is -2.56. The standard InChI is InChI=1S/C14H15N5/c1-9-6-14(16-8-11-4-5-17-19-11)12-7-10(15)2-3-13(12)18-9/h2-7H,8,15H2,1H3,(H,16,18)(H,17,19). The van der Waals surface area contributed by atoms with Gasteiger partial charge in [-0.05, 0) is 37.3 Å². The number of benzene rings is 1. The van der Waals surface area contributed by atoms with Crippen molar-refractivity contribution >= 4 is 22.3 Å². The fraction of sp³-hybridized carbons (Fsp3) is 0.143. The van der Waals surface area contributed by atoms with Gasteiger partial charge in [-0.25, -0.2) is 0 Å². The molecule has 5 heteroatoms. The van der Waals surface area contributed by atoms with Crippen molar-refractivity contribution in [1.29, 1.82) is 0 Å². The molecule has 3 rings (SSSR count). The van der Waals surface area contributed by atoms with Crippen molar-refractivity contribution in [2.75, 3.05) is 11.1 Å². The number of rotatable bonds is 3. The van der Waals surface area contributed by atoms with Crippen LogP contribution < -0.4 is 11.1 Å². The van der Waals surface area contributed by atoms with Gasteiger partial charge in [-0.3, -0.25) is 10.1 Å². The summed E-state index contributed by atoms with van der Waals surface area (Å²) in [6, 6.07) is 9.72. The van der Waals surface area contributed by atoms with Crippen LogP contribution in [0.1, 0.15) is 11.4 Å². The summed E-state index contributed by atoms with van der Waals surface area (Å²) >= 11 is 0. The molecule has 0 amide bonds. The number of pyridine rings is 1. The zero-order valence-electron chi connectivity index (χ0n) is 10.6. The Morgan fingerprint density at radius 2 is 2.16 bits per heavy atom. The molecule has 0 saturated heterocycles. The summed E-state index contributed by atoms with van der Waals surface area (Å²) in [6.45, 7) is 2.67. The third-order valence-corrected chi connectivity index (χ3v) is 2.99. The van der Waals surface area contributed by atoms with Crippen molar-refractivity contribution < 1.29 is 0 Å². The van der Waals surface area contributed by atoms with Gasteiger partial charge in [-0.1, -0.05) is 0 Å². The number of nitrogens with one attached hydrogen (secondary N) is 2. The minimum atomic E-state index is 0.688. The zero-order chi connectivity index (χ0) is 13.2. The summed E-state index contributed by atoms with van der Waals surface area (Å²) < 4.78 is 0. The van der Waals surface area contributed by atoms with E-state index < -0.39 is 0 Å². The molecule has 1 aromatic carbocycles. The Labute approximate surface area is 110 Å². The number of aryl methyl sites for hydroxylation is 1. The molecular weight excluding hydrogens is 238 g/mol. The maximum atomic E-state index is 5.85. The summed E-state index contributed by atoms with van der Waals surface area (Å²) in [5.41, 5.74) is 10.6. The van der Waals surface area contributed by atoms with E-state index in [2.05, 4.69) is 20.5 Å². The first-order chi connectivity index (χ1) is 9.22. The van der Waals surface area contributed by atoms with Crippen molar-refractivity contribution in [3.8, 4) is 0 Å². The number of nitrogen functional groups attached to an aromatic ring is 1. The normalized spacial score (nSPS) is 10.8. The van der Waals surface area contributed by atoms with Crippen molar-refractivity contribution in [2.24, 2.45) is 0 Å². The summed E-state index contributed by atoms with van der Waals surface area (Å²) in [4.78, 5) is 4.51. The summed E-state index contributed by atoms with van der Waals surface area (Å²) in [5, 5.41) is 11.3. The van der Waals surface area contributed by atoms with E-state index in [-0.39, 0.29) is 0 Å². The zero-order valence-corrected chi connectivity index (χ0v) is 10.6. The van der Waals surface area contributed by atoms with E-state index in [1.54, 1.807) is 6.20 Å². The molecule has 2 aromatic heterocycles. The summed E-state index contributed by atoms with van der Waals surface area (Å²) in [7, 11) is 0. The van der Waals surface area contributed by atoms with Crippen molar-refractivity contribution in [1.82, 2.24) is 15.2 Å². The second-order valence-corrected chi connectivity index (χ2v) is 4.52. The molecule has 96 valence electrons. The fourth-order valence-corrected chi connectivity index (χ4v) is 2.10. The fourth-order valence-electron chi connectivity index (χ4n) is 2.10. The first-order valence-electron chi connectivity index (χ1n) is 6.11. The van der Waals surface area contributed by atoms with Gasteiger partial charge in [0, 0.05) is 28.7 Å². The van der Waals surface area contributed by atoms with Crippen LogP contribution >= 0.6 is 0 Å². The third-order valence-electron chi connectivity index (χ3n) is 2.99. The van der Waals surface area contributed by atoms with Crippen molar-refractivity contribution in [3.63, 3.8) is 0 Å². The third kappa shape index (κ3) is 2.35. The Balaban J connectivity index is 1.99. The van der Waals surface area contributed by atoms with Crippen LogP contribution in [0, 0.1) is 6.92 Å². The molecule has 4 N–H and O–H groups in total. The highest BCUT2D eigenvalue weighted by atomic mass is 15.1. The van der Waals surface area contributed by atoms with Crippen LogP contribution in [0.15, 0.2) is 36.5 Å². The van der Waals surface area contributed by atoms with E-state index in [9.17, 15) is 0 Å². The average Bonchev–Trinajstić information content (AvgIpc) is 2.89. The smallest absolute Gasteiger partial charge is 0.0727 e. The number of hydrogen-bond acceptors (Lipinski definition) is 4. The Morgan fingerprint density at radius 1 is 1.26 bits per heavy atom. The van der Waals surface area contributed by atoms with Crippen LogP contribution in [0.25, 0.3) is 10.9 Å². The summed E-state index contributed by atoms with van der Waals surface area (Å²) in [6.07, 6.45) is 1.74. The van der Waals surface area contributed by atoms with Gasteiger partial charge in [-0.2, -0.15) is 5.10 Å². The Bertz CT molecular complexity index is 703. The van der Waals surface area contributed by atoms with Gasteiger partial charge in [0.2, 0.25) is 0 Å². The van der Waals surface area contributed by atoms with Crippen LogP contribution in [0.5, 0.6) is 0 Å². The lowest BCUT2D eigenvalue weighted by atomic mass is 10.1. The molecule has 0 bridgehead atoms. The number of aromatic amines is 1. The van der Waals surface area contributed by atoms with Crippen molar-refractivity contribution in [2.45, 2.75) is 13.5 Å². The van der Waals surface area contributed by atoms with Gasteiger partial charge in [-0.15, -0.1) is 0 Å². The van der Waals surface area contributed by atoms with Crippen LogP contribution in [-0.4, -0.2) is 15.2 Å². The van der Waals surface area contributed by atoms with E-state index in [1.165, 1.54) is 0 Å². The molecule has 0 saturated carbocycles. The Kier molecular flexibility index (Phi) is 2.79. The molecule has 2 heterocycles. The van der Waals surface area contributed by atoms with Gasteiger partial charge >= 0.3 is 0 Å². The monoisotopic (exact) mass is 253 g/mol. The van der Waals surface area contributed by atoms with Crippen LogP contribution in [-0.2, 0) is 6.54 Å². The predicted octanol–water partition coefficient (Wildman–Crippen LogP) is 2.46. The highest BCUT2D eigenvalue weighted by Crippen LogP contribution is 2.25. The van der Waals surface area contributed by atoms with Gasteiger partial charge in [0.1, 0.15) is 0 Å². The lowest BCUT2D eigenvalue weighted by Crippen LogP contribution is -2.02. The van der Waals surface area contributed by atoms with Gasteiger partial charge in [0.15, 0.2) is 0 Å². The van der Waals surface area contributed by atoms with Gasteiger partial charge in [0.25, 0.3) is 0 Å². The lowest BCUT2D eigenvalue weighted by Gasteiger charge is -2.10. The highest BCUT2D eigenvalue weighted by molar-refractivity contribution is 5.93. The molecule has 0 aliphatic heterocycles. The highest BCUT2D eigenvalue weighted by Gasteiger charge is 2.05. The van der Waals surface area contributed by atoms with Gasteiger partial charge in [0.05, 0.1) is 17.8 Å². The van der Waals surface area contributed by atoms with E-state index in [4.69, 9.17) is 5.73 Å². The Morgan fingerprint density at radius 3 is 2.95 bits per heavy atom. The number of anilines is 2. The first-order valence-corrected chi connectivity index (χ1v) is 6.11. The van der Waals surface area contributed by atoms with E-state index in [0.717, 1.165) is 33.7 Å². The molecule has 0 unspecified atom stereocenters. The second-order valence-electron chi connectivity index (χ2n) is 4.52. The quantitative estimate of drug-likeness (QED) is 0.626. The number of nitrogens with two attached hydrogens (primary N) is 1. The minimum absolute atomic E-state index is 0.688. The lowest BCUT2D eigenvalue weighted by molar-refractivity contribution is 0.982. The molecule has 5 nitrogen and oxygen atoms in total. The number of aromatic nitrogens is 3. The second kappa shape index (κ2) is 4.61. The van der Waals surface area contributed by atoms with Crippen LogP contribution in [0.3, 0.4) is 0 Å². The maximum Gasteiger partial charge on any atom is 0.0727 e. The average molecular weight is 253 g/mol. The predicted molar refractivity (Wildman–Crippen MR) is 76.8 cm³/mol. The van der Waals surface area contributed by atoms with E-state index in [0.29, 0.717) is 6.54 Å². The van der Waals surface area contributed by atoms with Gasteiger partial charge < -0.3 is 11.1 Å². The van der Waals surface area contributed by atoms with Crippen LogP contribution in [0.2, 0.25) is 0 Å². The largest absolute Gasteiger partial charge is 0.399 e. The maximum absolute atomic E-state index is 5.85. The molecule has 19 heavy (non-hydrogen) atoms. The van der Waals surface area contributed by atoms with Crippen LogP contribution in [0.4, 0.5) is 11.4 Å². The molecular formula is C14H15N5. The van der Waals surface area contributed by atoms with E-state index >= 15 is 0 Å². The number of nitrogens with zero attached hydrogens (tertiary/aromatic N) is 2.